The maximum atomic E-state index is 12.3. The SMILES string of the molecule is Cc1ccc(O)c(C(=O)NCC2CCN(CC(F)(F)F)C2)c1. The van der Waals surface area contributed by atoms with Gasteiger partial charge in [0.15, 0.2) is 0 Å². The third kappa shape index (κ3) is 4.62. The Balaban J connectivity index is 1.84. The minimum absolute atomic E-state index is 0.00162. The molecule has 1 amide bonds. The summed E-state index contributed by atoms with van der Waals surface area (Å²) >= 11 is 0. The number of halogens is 3. The lowest BCUT2D eigenvalue weighted by molar-refractivity contribution is -0.143. The van der Waals surface area contributed by atoms with E-state index in [0.717, 1.165) is 5.56 Å². The van der Waals surface area contributed by atoms with Gasteiger partial charge in [-0.15, -0.1) is 0 Å². The van der Waals surface area contributed by atoms with Crippen LogP contribution in [0.15, 0.2) is 18.2 Å². The van der Waals surface area contributed by atoms with Crippen molar-refractivity contribution in [2.45, 2.75) is 19.5 Å². The summed E-state index contributed by atoms with van der Waals surface area (Å²) in [5, 5.41) is 12.4. The van der Waals surface area contributed by atoms with E-state index in [1.54, 1.807) is 12.1 Å². The summed E-state index contributed by atoms with van der Waals surface area (Å²) in [5.74, 6) is -0.512. The van der Waals surface area contributed by atoms with E-state index < -0.39 is 18.6 Å². The summed E-state index contributed by atoms with van der Waals surface area (Å²) in [6.45, 7) is 1.91. The molecule has 0 spiro atoms. The molecule has 7 heteroatoms. The number of carbonyl (C=O) groups is 1. The molecule has 1 atom stereocenters. The van der Waals surface area contributed by atoms with E-state index in [-0.39, 0.29) is 17.2 Å². The molecule has 0 radical (unpaired) electrons. The number of aromatic hydroxyl groups is 1. The van der Waals surface area contributed by atoms with Crippen LogP contribution in [0.5, 0.6) is 5.75 Å². The number of alkyl halides is 3. The van der Waals surface area contributed by atoms with Gasteiger partial charge in [0.2, 0.25) is 0 Å². The Labute approximate surface area is 126 Å². The highest BCUT2D eigenvalue weighted by Gasteiger charge is 2.34. The average molecular weight is 316 g/mol. The lowest BCUT2D eigenvalue weighted by Gasteiger charge is -2.18. The van der Waals surface area contributed by atoms with Crippen molar-refractivity contribution in [3.05, 3.63) is 29.3 Å². The van der Waals surface area contributed by atoms with Crippen LogP contribution in [-0.4, -0.2) is 48.3 Å². The highest BCUT2D eigenvalue weighted by Crippen LogP contribution is 2.23. The Bertz CT molecular complexity index is 546. The number of nitrogens with one attached hydrogen (secondary N) is 1. The first kappa shape index (κ1) is 16.6. The molecule has 22 heavy (non-hydrogen) atoms. The van der Waals surface area contributed by atoms with Gasteiger partial charge in [-0.25, -0.2) is 0 Å². The Morgan fingerprint density at radius 1 is 1.45 bits per heavy atom. The van der Waals surface area contributed by atoms with Gasteiger partial charge in [0.1, 0.15) is 5.75 Å². The first-order valence-electron chi connectivity index (χ1n) is 7.11. The fourth-order valence-electron chi connectivity index (χ4n) is 2.64. The Kier molecular flexibility index (Phi) is 4.95. The molecule has 1 unspecified atom stereocenters. The average Bonchev–Trinajstić information content (AvgIpc) is 2.84. The van der Waals surface area contributed by atoms with Crippen molar-refractivity contribution < 1.29 is 23.1 Å². The third-order valence-corrected chi connectivity index (χ3v) is 3.72. The second kappa shape index (κ2) is 6.56. The highest BCUT2D eigenvalue weighted by molar-refractivity contribution is 5.96. The zero-order valence-corrected chi connectivity index (χ0v) is 12.3. The van der Waals surface area contributed by atoms with Gasteiger partial charge >= 0.3 is 6.18 Å². The molecule has 1 fully saturated rings. The largest absolute Gasteiger partial charge is 0.507 e. The number of hydrogen-bond donors (Lipinski definition) is 2. The van der Waals surface area contributed by atoms with E-state index >= 15 is 0 Å². The first-order valence-corrected chi connectivity index (χ1v) is 7.11. The zero-order valence-electron chi connectivity index (χ0n) is 12.3. The van der Waals surface area contributed by atoms with Crippen LogP contribution < -0.4 is 5.32 Å². The molecule has 122 valence electrons. The zero-order chi connectivity index (χ0) is 16.3. The minimum atomic E-state index is -4.19. The Hall–Kier alpha value is -1.76. The molecule has 4 nitrogen and oxygen atoms in total. The molecule has 1 aromatic rings. The molecular formula is C15H19F3N2O2. The van der Waals surface area contributed by atoms with E-state index in [9.17, 15) is 23.1 Å². The summed E-state index contributed by atoms with van der Waals surface area (Å²) < 4.78 is 36.9. The summed E-state index contributed by atoms with van der Waals surface area (Å²) in [4.78, 5) is 13.4. The Morgan fingerprint density at radius 3 is 2.86 bits per heavy atom. The number of likely N-dealkylation sites (tertiary alicyclic amines) is 1. The van der Waals surface area contributed by atoms with E-state index in [1.165, 1.54) is 11.0 Å². The summed E-state index contributed by atoms with van der Waals surface area (Å²) in [7, 11) is 0. The van der Waals surface area contributed by atoms with Gasteiger partial charge in [-0.2, -0.15) is 13.2 Å². The molecule has 0 bridgehead atoms. The third-order valence-electron chi connectivity index (χ3n) is 3.72. The monoisotopic (exact) mass is 316 g/mol. The number of hydrogen-bond acceptors (Lipinski definition) is 3. The number of phenolic OH excluding ortho intramolecular Hbond substituents is 1. The number of phenols is 1. The van der Waals surface area contributed by atoms with Gasteiger partial charge in [-0.05, 0) is 37.9 Å². The molecule has 0 saturated carbocycles. The van der Waals surface area contributed by atoms with Crippen molar-refractivity contribution in [2.24, 2.45) is 5.92 Å². The topological polar surface area (TPSA) is 52.6 Å². The number of nitrogens with zero attached hydrogens (tertiary/aromatic N) is 1. The van der Waals surface area contributed by atoms with Gasteiger partial charge < -0.3 is 10.4 Å². The standard InChI is InChI=1S/C15H19F3N2O2/c1-10-2-3-13(21)12(6-10)14(22)19-7-11-4-5-20(8-11)9-15(16,17)18/h2-3,6,11,21H,4-5,7-9H2,1H3,(H,19,22). The van der Waals surface area contributed by atoms with Gasteiger partial charge in [0, 0.05) is 13.1 Å². The molecule has 1 heterocycles. The predicted molar refractivity (Wildman–Crippen MR) is 75.8 cm³/mol. The lowest BCUT2D eigenvalue weighted by Crippen LogP contribution is -2.34. The smallest absolute Gasteiger partial charge is 0.401 e. The molecule has 1 aromatic carbocycles. The van der Waals surface area contributed by atoms with Crippen LogP contribution in [0, 0.1) is 12.8 Å². The van der Waals surface area contributed by atoms with Crippen molar-refractivity contribution >= 4 is 5.91 Å². The molecule has 1 aliphatic heterocycles. The molecule has 0 aromatic heterocycles. The molecule has 0 aliphatic carbocycles. The Morgan fingerprint density at radius 2 is 2.18 bits per heavy atom. The molecule has 2 N–H and O–H groups in total. The maximum Gasteiger partial charge on any atom is 0.401 e. The second-order valence-electron chi connectivity index (χ2n) is 5.74. The van der Waals surface area contributed by atoms with Crippen LogP contribution in [0.4, 0.5) is 13.2 Å². The summed E-state index contributed by atoms with van der Waals surface area (Å²) in [6, 6.07) is 4.72. The number of rotatable bonds is 4. The number of carbonyl (C=O) groups excluding carboxylic acids is 1. The van der Waals surface area contributed by atoms with Gasteiger partial charge in [0.05, 0.1) is 12.1 Å². The minimum Gasteiger partial charge on any atom is -0.507 e. The fourth-order valence-corrected chi connectivity index (χ4v) is 2.64. The van der Waals surface area contributed by atoms with E-state index in [4.69, 9.17) is 0 Å². The first-order chi connectivity index (χ1) is 10.2. The fraction of sp³-hybridized carbons (Fsp3) is 0.533. The normalized spacial score (nSPS) is 19.4. The van der Waals surface area contributed by atoms with E-state index in [1.807, 2.05) is 6.92 Å². The molecular weight excluding hydrogens is 297 g/mol. The van der Waals surface area contributed by atoms with Crippen molar-refractivity contribution in [1.29, 1.82) is 0 Å². The van der Waals surface area contributed by atoms with E-state index in [2.05, 4.69) is 5.32 Å². The molecule has 2 rings (SSSR count). The van der Waals surface area contributed by atoms with Crippen LogP contribution in [0.3, 0.4) is 0 Å². The molecule has 1 aliphatic rings. The predicted octanol–water partition coefficient (Wildman–Crippen LogP) is 2.31. The summed E-state index contributed by atoms with van der Waals surface area (Å²) in [6.07, 6.45) is -3.57. The molecule has 1 saturated heterocycles. The summed E-state index contributed by atoms with van der Waals surface area (Å²) in [5.41, 5.74) is 1.03. The van der Waals surface area contributed by atoms with Crippen LogP contribution >= 0.6 is 0 Å². The van der Waals surface area contributed by atoms with Gasteiger partial charge in [0.25, 0.3) is 5.91 Å². The lowest BCUT2D eigenvalue weighted by atomic mass is 10.1. The number of amides is 1. The van der Waals surface area contributed by atoms with Crippen molar-refractivity contribution in [1.82, 2.24) is 10.2 Å². The highest BCUT2D eigenvalue weighted by atomic mass is 19.4. The van der Waals surface area contributed by atoms with Crippen molar-refractivity contribution in [3.63, 3.8) is 0 Å². The quantitative estimate of drug-likeness (QED) is 0.896. The van der Waals surface area contributed by atoms with Crippen LogP contribution in [0.1, 0.15) is 22.3 Å². The van der Waals surface area contributed by atoms with Crippen LogP contribution in [0.2, 0.25) is 0 Å². The van der Waals surface area contributed by atoms with Crippen molar-refractivity contribution in [2.75, 3.05) is 26.2 Å². The van der Waals surface area contributed by atoms with Crippen LogP contribution in [-0.2, 0) is 0 Å². The number of benzene rings is 1. The number of aryl methyl sites for hydroxylation is 1. The second-order valence-corrected chi connectivity index (χ2v) is 5.74. The van der Waals surface area contributed by atoms with Crippen LogP contribution in [0.25, 0.3) is 0 Å². The van der Waals surface area contributed by atoms with Gasteiger partial charge in [-0.3, -0.25) is 9.69 Å². The maximum absolute atomic E-state index is 12.3. The van der Waals surface area contributed by atoms with Gasteiger partial charge in [-0.1, -0.05) is 11.6 Å². The van der Waals surface area contributed by atoms with E-state index in [0.29, 0.717) is 26.1 Å². The van der Waals surface area contributed by atoms with Crippen molar-refractivity contribution in [3.8, 4) is 5.75 Å².